The molecule has 0 saturated heterocycles. The van der Waals surface area contributed by atoms with Crippen molar-refractivity contribution in [3.8, 4) is 51.7 Å². The maximum Gasteiger partial charge on any atom is 0.339 e. The molecule has 14 nitrogen and oxygen atoms in total. The Hall–Kier alpha value is -6.10. The second kappa shape index (κ2) is 9.17. The van der Waals surface area contributed by atoms with E-state index in [4.69, 9.17) is 0 Å². The normalized spacial score (nSPS) is 10.7. The smallest absolute Gasteiger partial charge is 0.339 e. The maximum atomic E-state index is 11.3. The number of aromatic nitrogens is 7. The zero-order chi connectivity index (χ0) is 27.0. The Morgan fingerprint density at radius 2 is 1.18 bits per heavy atom. The molecule has 0 unspecified atom stereocenters. The molecular weight excluding hydrogens is 496 g/mol. The molecule has 0 amide bonds. The standard InChI is InChI=1S/C24H14N8O6/c25-9-12-7-15(17-10-31(29-27-17)19-5-1-3-13(21(19)33)23(35)36)26-16(8-12)18-11-32(30-28-18)20-6-2-4-14(22(20)34)24(37)38/h1-8,10-11,33-34H,(H,35,36)(H,37,38). The van der Waals surface area contributed by atoms with Crippen LogP contribution in [-0.2, 0) is 0 Å². The average molecular weight is 510 g/mol. The van der Waals surface area contributed by atoms with Crippen LogP contribution in [0.2, 0.25) is 0 Å². The summed E-state index contributed by atoms with van der Waals surface area (Å²) in [4.78, 5) is 27.1. The minimum Gasteiger partial charge on any atom is -0.505 e. The van der Waals surface area contributed by atoms with Crippen LogP contribution in [0.5, 0.6) is 11.5 Å². The van der Waals surface area contributed by atoms with Gasteiger partial charge in [0.25, 0.3) is 0 Å². The van der Waals surface area contributed by atoms with Crippen molar-refractivity contribution < 1.29 is 30.0 Å². The first-order chi connectivity index (χ1) is 18.3. The van der Waals surface area contributed by atoms with E-state index in [0.29, 0.717) is 0 Å². The number of aromatic hydroxyl groups is 2. The summed E-state index contributed by atoms with van der Waals surface area (Å²) in [6, 6.07) is 13.2. The first kappa shape index (κ1) is 23.6. The van der Waals surface area contributed by atoms with Gasteiger partial charge in [0, 0.05) is 0 Å². The lowest BCUT2D eigenvalue weighted by Crippen LogP contribution is -2.02. The number of aromatic carboxylic acids is 2. The van der Waals surface area contributed by atoms with Gasteiger partial charge in [0.15, 0.2) is 11.5 Å². The van der Waals surface area contributed by atoms with Gasteiger partial charge in [0.1, 0.15) is 33.9 Å². The third-order valence-electron chi connectivity index (χ3n) is 5.45. The number of rotatable bonds is 6. The Morgan fingerprint density at radius 1 is 0.737 bits per heavy atom. The molecular formula is C24H14N8O6. The second-order valence-corrected chi connectivity index (χ2v) is 7.79. The van der Waals surface area contributed by atoms with Crippen molar-refractivity contribution in [2.45, 2.75) is 0 Å². The fourth-order valence-corrected chi connectivity index (χ4v) is 3.63. The predicted molar refractivity (Wildman–Crippen MR) is 127 cm³/mol. The van der Waals surface area contributed by atoms with Crippen molar-refractivity contribution in [2.24, 2.45) is 0 Å². The van der Waals surface area contributed by atoms with Gasteiger partial charge in [0.05, 0.1) is 35.4 Å². The van der Waals surface area contributed by atoms with Gasteiger partial charge in [-0.2, -0.15) is 5.26 Å². The number of benzene rings is 2. The molecule has 38 heavy (non-hydrogen) atoms. The molecule has 0 aliphatic heterocycles. The molecule has 4 N–H and O–H groups in total. The molecule has 5 rings (SSSR count). The fraction of sp³-hybridized carbons (Fsp3) is 0. The van der Waals surface area contributed by atoms with E-state index < -0.39 is 23.4 Å². The number of pyridine rings is 1. The third kappa shape index (κ3) is 4.12. The van der Waals surface area contributed by atoms with Crippen LogP contribution in [0.3, 0.4) is 0 Å². The fourth-order valence-electron chi connectivity index (χ4n) is 3.63. The molecule has 0 aliphatic carbocycles. The van der Waals surface area contributed by atoms with Gasteiger partial charge in [-0.05, 0) is 36.4 Å². The van der Waals surface area contributed by atoms with E-state index in [1.165, 1.54) is 70.3 Å². The number of carbonyl (C=O) groups is 2. The first-order valence-corrected chi connectivity index (χ1v) is 10.7. The molecule has 14 heteroatoms. The molecule has 3 aromatic heterocycles. The van der Waals surface area contributed by atoms with Crippen LogP contribution >= 0.6 is 0 Å². The Kier molecular flexibility index (Phi) is 5.70. The summed E-state index contributed by atoms with van der Waals surface area (Å²) in [6.07, 6.45) is 2.81. The highest BCUT2D eigenvalue weighted by Crippen LogP contribution is 2.29. The van der Waals surface area contributed by atoms with Crippen LogP contribution in [0, 0.1) is 11.3 Å². The number of hydrogen-bond donors (Lipinski definition) is 4. The number of phenols is 2. The van der Waals surface area contributed by atoms with Crippen LogP contribution in [0.25, 0.3) is 34.2 Å². The van der Waals surface area contributed by atoms with Crippen LogP contribution in [0.4, 0.5) is 0 Å². The molecule has 186 valence electrons. The zero-order valence-corrected chi connectivity index (χ0v) is 19.0. The summed E-state index contributed by atoms with van der Waals surface area (Å²) in [5.74, 6) is -3.62. The zero-order valence-electron chi connectivity index (χ0n) is 19.0. The van der Waals surface area contributed by atoms with Crippen LogP contribution < -0.4 is 0 Å². The average Bonchev–Trinajstić information content (AvgIpc) is 3.59. The summed E-state index contributed by atoms with van der Waals surface area (Å²) in [6.45, 7) is 0. The summed E-state index contributed by atoms with van der Waals surface area (Å²) < 4.78 is 2.35. The van der Waals surface area contributed by atoms with E-state index in [2.05, 4.69) is 25.6 Å². The van der Waals surface area contributed by atoms with Gasteiger partial charge in [-0.3, -0.25) is 0 Å². The van der Waals surface area contributed by atoms with Crippen molar-refractivity contribution in [1.82, 2.24) is 35.0 Å². The van der Waals surface area contributed by atoms with Crippen molar-refractivity contribution in [2.75, 3.05) is 0 Å². The Bertz CT molecular complexity index is 1660. The van der Waals surface area contributed by atoms with E-state index in [0.717, 1.165) is 0 Å². The van der Waals surface area contributed by atoms with Crippen molar-refractivity contribution >= 4 is 11.9 Å². The highest BCUT2D eigenvalue weighted by molar-refractivity contribution is 5.92. The minimum absolute atomic E-state index is 0.0756. The van der Waals surface area contributed by atoms with E-state index in [9.17, 15) is 35.3 Å². The van der Waals surface area contributed by atoms with Gasteiger partial charge < -0.3 is 20.4 Å². The molecule has 5 aromatic rings. The molecule has 0 radical (unpaired) electrons. The van der Waals surface area contributed by atoms with Crippen molar-refractivity contribution in [3.63, 3.8) is 0 Å². The topological polar surface area (TPSA) is 213 Å². The Morgan fingerprint density at radius 3 is 1.58 bits per heavy atom. The SMILES string of the molecule is N#Cc1cc(-c2cn(-c3cccc(C(=O)O)c3O)nn2)nc(-c2cn(-c3cccc(C(=O)O)c3O)nn2)c1. The number of nitriles is 1. The van der Waals surface area contributed by atoms with E-state index in [-0.39, 0.29) is 50.8 Å². The minimum atomic E-state index is -1.31. The maximum absolute atomic E-state index is 11.3. The van der Waals surface area contributed by atoms with Gasteiger partial charge in [0.2, 0.25) is 0 Å². The first-order valence-electron chi connectivity index (χ1n) is 10.7. The van der Waals surface area contributed by atoms with E-state index >= 15 is 0 Å². The molecule has 0 saturated carbocycles. The quantitative estimate of drug-likeness (QED) is 0.259. The second-order valence-electron chi connectivity index (χ2n) is 7.79. The monoisotopic (exact) mass is 510 g/mol. The Labute approximate surface area is 211 Å². The molecule has 2 aromatic carbocycles. The van der Waals surface area contributed by atoms with Gasteiger partial charge in [-0.25, -0.2) is 23.9 Å². The number of nitrogens with zero attached hydrogens (tertiary/aromatic N) is 8. The summed E-state index contributed by atoms with van der Waals surface area (Å²) in [7, 11) is 0. The highest BCUT2D eigenvalue weighted by atomic mass is 16.4. The summed E-state index contributed by atoms with van der Waals surface area (Å²) in [5.41, 5.74) is 0.613. The lowest BCUT2D eigenvalue weighted by molar-refractivity contribution is 0.0682. The number of carboxylic acids is 2. The predicted octanol–water partition coefficient (Wildman–Crippen LogP) is 2.26. The number of carboxylic acid groups (broad SMARTS) is 2. The molecule has 0 spiro atoms. The lowest BCUT2D eigenvalue weighted by Gasteiger charge is -2.06. The van der Waals surface area contributed by atoms with Gasteiger partial charge in [-0.15, -0.1) is 10.2 Å². The third-order valence-corrected chi connectivity index (χ3v) is 5.45. The molecule has 0 aliphatic rings. The largest absolute Gasteiger partial charge is 0.505 e. The summed E-state index contributed by atoms with van der Waals surface area (Å²) >= 11 is 0. The van der Waals surface area contributed by atoms with Crippen LogP contribution in [0.15, 0.2) is 60.9 Å². The molecule has 0 fully saturated rings. The van der Waals surface area contributed by atoms with Crippen LogP contribution in [0.1, 0.15) is 26.3 Å². The van der Waals surface area contributed by atoms with Gasteiger partial charge >= 0.3 is 11.9 Å². The summed E-state index contributed by atoms with van der Waals surface area (Å²) in [5, 5.41) is 64.7. The number of para-hydroxylation sites is 2. The van der Waals surface area contributed by atoms with Crippen LogP contribution in [-0.4, -0.2) is 67.3 Å². The van der Waals surface area contributed by atoms with Crippen molar-refractivity contribution in [1.29, 1.82) is 5.26 Å². The lowest BCUT2D eigenvalue weighted by atomic mass is 10.1. The highest BCUT2D eigenvalue weighted by Gasteiger charge is 2.19. The molecule has 0 bridgehead atoms. The molecule has 3 heterocycles. The van der Waals surface area contributed by atoms with Crippen molar-refractivity contribution in [3.05, 3.63) is 77.6 Å². The van der Waals surface area contributed by atoms with Gasteiger partial charge in [-0.1, -0.05) is 22.6 Å². The molecule has 0 atom stereocenters. The number of hydrogen-bond acceptors (Lipinski definition) is 10. The Balaban J connectivity index is 1.53. The van der Waals surface area contributed by atoms with E-state index in [1.54, 1.807) is 0 Å². The van der Waals surface area contributed by atoms with E-state index in [1.807, 2.05) is 6.07 Å².